The number of amides is 1. The van der Waals surface area contributed by atoms with E-state index in [1.165, 1.54) is 11.3 Å². The summed E-state index contributed by atoms with van der Waals surface area (Å²) in [6, 6.07) is 5.51. The number of rotatable bonds is 4. The number of hydrogen-bond acceptors (Lipinski definition) is 5. The molecule has 2 N–H and O–H groups in total. The van der Waals surface area contributed by atoms with Crippen molar-refractivity contribution in [3.63, 3.8) is 0 Å². The molecule has 1 fully saturated rings. The number of nitrogens with zero attached hydrogens (tertiary/aromatic N) is 1. The van der Waals surface area contributed by atoms with Crippen LogP contribution in [0, 0.1) is 5.92 Å². The van der Waals surface area contributed by atoms with E-state index in [1.807, 2.05) is 17.5 Å². The van der Waals surface area contributed by atoms with Gasteiger partial charge in [0.25, 0.3) is 0 Å². The van der Waals surface area contributed by atoms with Gasteiger partial charge in [-0.05, 0) is 31.2 Å². The molecular formula is C15H16ClN3O2S. The summed E-state index contributed by atoms with van der Waals surface area (Å²) >= 11 is 7.54. The number of hydrogen-bond donors (Lipinski definition) is 2. The molecule has 1 saturated heterocycles. The van der Waals surface area contributed by atoms with Crippen LogP contribution in [0.15, 0.2) is 23.6 Å². The zero-order valence-corrected chi connectivity index (χ0v) is 13.6. The first kappa shape index (κ1) is 15.3. The molecular weight excluding hydrogens is 322 g/mol. The Kier molecular flexibility index (Phi) is 4.61. The Morgan fingerprint density at radius 3 is 3.09 bits per heavy atom. The molecule has 1 atom stereocenters. The van der Waals surface area contributed by atoms with Crippen LogP contribution >= 0.6 is 22.9 Å². The molecule has 0 radical (unpaired) electrons. The van der Waals surface area contributed by atoms with Crippen molar-refractivity contribution in [2.45, 2.75) is 6.42 Å². The number of ether oxygens (including phenoxy) is 1. The molecule has 0 unspecified atom stereocenters. The van der Waals surface area contributed by atoms with Gasteiger partial charge in [0, 0.05) is 17.5 Å². The molecule has 7 heteroatoms. The van der Waals surface area contributed by atoms with E-state index in [-0.39, 0.29) is 11.8 Å². The predicted octanol–water partition coefficient (Wildman–Crippen LogP) is 3.02. The predicted molar refractivity (Wildman–Crippen MR) is 88.7 cm³/mol. The van der Waals surface area contributed by atoms with Crippen LogP contribution in [0.25, 0.3) is 11.3 Å². The van der Waals surface area contributed by atoms with Gasteiger partial charge in [0.05, 0.1) is 23.7 Å². The number of methoxy groups -OCH3 is 1. The highest BCUT2D eigenvalue weighted by atomic mass is 35.5. The fraction of sp³-hybridized carbons (Fsp3) is 0.333. The minimum atomic E-state index is 0.0265. The molecule has 22 heavy (non-hydrogen) atoms. The van der Waals surface area contributed by atoms with E-state index >= 15 is 0 Å². The van der Waals surface area contributed by atoms with Gasteiger partial charge in [-0.2, -0.15) is 0 Å². The molecule has 1 aliphatic rings. The molecule has 2 aromatic rings. The van der Waals surface area contributed by atoms with Crippen molar-refractivity contribution in [1.82, 2.24) is 10.3 Å². The molecule has 3 rings (SSSR count). The van der Waals surface area contributed by atoms with Crippen molar-refractivity contribution in [3.8, 4) is 17.0 Å². The molecule has 2 heterocycles. The van der Waals surface area contributed by atoms with E-state index in [2.05, 4.69) is 15.6 Å². The lowest BCUT2D eigenvalue weighted by molar-refractivity contribution is -0.119. The second-order valence-corrected chi connectivity index (χ2v) is 6.33. The van der Waals surface area contributed by atoms with Gasteiger partial charge in [-0.15, -0.1) is 11.3 Å². The van der Waals surface area contributed by atoms with E-state index in [0.717, 1.165) is 30.8 Å². The van der Waals surface area contributed by atoms with Crippen molar-refractivity contribution in [3.05, 3.63) is 28.6 Å². The number of halogens is 1. The monoisotopic (exact) mass is 337 g/mol. The summed E-state index contributed by atoms with van der Waals surface area (Å²) in [5, 5.41) is 9.12. The first-order valence-corrected chi connectivity index (χ1v) is 8.24. The highest BCUT2D eigenvalue weighted by molar-refractivity contribution is 7.14. The lowest BCUT2D eigenvalue weighted by Gasteiger charge is -2.07. The summed E-state index contributed by atoms with van der Waals surface area (Å²) in [4.78, 5) is 16.5. The number of carbonyl (C=O) groups excluding carboxylic acids is 1. The largest absolute Gasteiger partial charge is 0.495 e. The molecule has 1 aromatic carbocycles. The van der Waals surface area contributed by atoms with Gasteiger partial charge in [-0.3, -0.25) is 4.79 Å². The number of nitrogens with one attached hydrogen (secondary N) is 2. The van der Waals surface area contributed by atoms with E-state index < -0.39 is 0 Å². The van der Waals surface area contributed by atoms with Gasteiger partial charge < -0.3 is 15.4 Å². The van der Waals surface area contributed by atoms with Crippen molar-refractivity contribution >= 4 is 34.0 Å². The van der Waals surface area contributed by atoms with Crippen LogP contribution in [-0.2, 0) is 4.79 Å². The van der Waals surface area contributed by atoms with Crippen LogP contribution in [0.5, 0.6) is 5.75 Å². The number of carbonyl (C=O) groups is 1. The van der Waals surface area contributed by atoms with Crippen LogP contribution in [-0.4, -0.2) is 31.1 Å². The standard InChI is InChI=1S/C15H16ClN3O2S/c1-21-13-3-2-9(6-11(13)16)12-8-22-15(18-12)19-14(20)10-4-5-17-7-10/h2-3,6,8,10,17H,4-5,7H2,1H3,(H,18,19,20)/t10-/m0/s1. The summed E-state index contributed by atoms with van der Waals surface area (Å²) in [7, 11) is 1.58. The van der Waals surface area contributed by atoms with Crippen molar-refractivity contribution < 1.29 is 9.53 Å². The fourth-order valence-electron chi connectivity index (χ4n) is 2.38. The maximum Gasteiger partial charge on any atom is 0.230 e. The van der Waals surface area contributed by atoms with Gasteiger partial charge in [-0.25, -0.2) is 4.98 Å². The molecule has 116 valence electrons. The summed E-state index contributed by atoms with van der Waals surface area (Å²) < 4.78 is 5.14. The molecule has 1 amide bonds. The maximum atomic E-state index is 12.1. The molecule has 0 saturated carbocycles. The topological polar surface area (TPSA) is 63.2 Å². The average Bonchev–Trinajstić information content (AvgIpc) is 3.18. The average molecular weight is 338 g/mol. The van der Waals surface area contributed by atoms with Gasteiger partial charge >= 0.3 is 0 Å². The molecule has 1 aromatic heterocycles. The summed E-state index contributed by atoms with van der Waals surface area (Å²) in [5.74, 6) is 0.685. The van der Waals surface area contributed by atoms with Gasteiger partial charge in [0.15, 0.2) is 5.13 Å². The SMILES string of the molecule is COc1ccc(-c2csc(NC(=O)[C@H]3CCNC3)n2)cc1Cl. The highest BCUT2D eigenvalue weighted by Gasteiger charge is 2.23. The third-order valence-corrected chi connectivity index (χ3v) is 4.67. The number of thiazole rings is 1. The number of aromatic nitrogens is 1. The minimum Gasteiger partial charge on any atom is -0.495 e. The summed E-state index contributed by atoms with van der Waals surface area (Å²) in [5.41, 5.74) is 1.68. The van der Waals surface area contributed by atoms with E-state index in [4.69, 9.17) is 16.3 Å². The Labute approximate surface area is 137 Å². The van der Waals surface area contributed by atoms with Crippen molar-refractivity contribution in [2.24, 2.45) is 5.92 Å². The molecule has 1 aliphatic heterocycles. The Balaban J connectivity index is 1.73. The maximum absolute atomic E-state index is 12.1. The summed E-state index contributed by atoms with van der Waals surface area (Å²) in [6.07, 6.45) is 0.873. The molecule has 0 aliphatic carbocycles. The zero-order chi connectivity index (χ0) is 15.5. The third kappa shape index (κ3) is 3.24. The van der Waals surface area contributed by atoms with Crippen LogP contribution in [0.3, 0.4) is 0 Å². The Morgan fingerprint density at radius 1 is 1.55 bits per heavy atom. The highest BCUT2D eigenvalue weighted by Crippen LogP contribution is 2.31. The Hall–Kier alpha value is -1.63. The minimum absolute atomic E-state index is 0.0265. The van der Waals surface area contributed by atoms with Crippen molar-refractivity contribution in [1.29, 1.82) is 0 Å². The van der Waals surface area contributed by atoms with Crippen LogP contribution < -0.4 is 15.4 Å². The fourth-order valence-corrected chi connectivity index (χ4v) is 3.36. The van der Waals surface area contributed by atoms with E-state index in [0.29, 0.717) is 15.9 Å². The lowest BCUT2D eigenvalue weighted by atomic mass is 10.1. The molecule has 0 bridgehead atoms. The first-order valence-electron chi connectivity index (χ1n) is 6.98. The Bertz CT molecular complexity index is 683. The van der Waals surface area contributed by atoms with Gasteiger partial charge in [0.1, 0.15) is 5.75 Å². The molecule has 5 nitrogen and oxygen atoms in total. The second-order valence-electron chi connectivity index (χ2n) is 5.07. The zero-order valence-electron chi connectivity index (χ0n) is 12.1. The van der Waals surface area contributed by atoms with Gasteiger partial charge in [0.2, 0.25) is 5.91 Å². The van der Waals surface area contributed by atoms with E-state index in [9.17, 15) is 4.79 Å². The van der Waals surface area contributed by atoms with Gasteiger partial charge in [-0.1, -0.05) is 11.6 Å². The van der Waals surface area contributed by atoms with Crippen LogP contribution in [0.2, 0.25) is 5.02 Å². The lowest BCUT2D eigenvalue weighted by Crippen LogP contribution is -2.24. The normalized spacial score (nSPS) is 17.5. The first-order chi connectivity index (χ1) is 10.7. The number of benzene rings is 1. The smallest absolute Gasteiger partial charge is 0.230 e. The quantitative estimate of drug-likeness (QED) is 0.900. The summed E-state index contributed by atoms with van der Waals surface area (Å²) in [6.45, 7) is 1.63. The number of anilines is 1. The van der Waals surface area contributed by atoms with Crippen molar-refractivity contribution in [2.75, 3.05) is 25.5 Å². The Morgan fingerprint density at radius 2 is 2.41 bits per heavy atom. The van der Waals surface area contributed by atoms with Crippen LogP contribution in [0.4, 0.5) is 5.13 Å². The van der Waals surface area contributed by atoms with E-state index in [1.54, 1.807) is 13.2 Å². The van der Waals surface area contributed by atoms with Crippen LogP contribution in [0.1, 0.15) is 6.42 Å². The molecule has 0 spiro atoms. The second kappa shape index (κ2) is 6.64. The third-order valence-electron chi connectivity index (χ3n) is 3.61.